The number of halogens is 4. The summed E-state index contributed by atoms with van der Waals surface area (Å²) in [4.78, 5) is 37.2. The second-order valence-corrected chi connectivity index (χ2v) is 9.70. The Balaban J connectivity index is 1.86. The fourth-order valence-electron chi connectivity index (χ4n) is 3.88. The third-order valence-electron chi connectivity index (χ3n) is 5.96. The number of nitrogens with one attached hydrogen (secondary N) is 1. The van der Waals surface area contributed by atoms with Crippen LogP contribution in [0.15, 0.2) is 70.7 Å². The third-order valence-corrected chi connectivity index (χ3v) is 6.40. The molecule has 3 heterocycles. The number of H-pyrrole nitrogens is 1. The maximum absolute atomic E-state index is 15.1. The van der Waals surface area contributed by atoms with E-state index in [4.69, 9.17) is 27.9 Å². The number of pyridine rings is 2. The minimum Gasteiger partial charge on any atom is -0.449 e. The molecule has 1 N–H and O–H groups in total. The number of alkyl halides is 2. The van der Waals surface area contributed by atoms with Gasteiger partial charge in [-0.1, -0.05) is 36.7 Å². The Bertz CT molecular complexity index is 1780. The molecule has 4 rings (SSSR count). The molecule has 0 saturated heterocycles. The normalized spacial score (nSPS) is 11.2. The second-order valence-electron chi connectivity index (χ2n) is 8.83. The molecule has 0 saturated carbocycles. The van der Waals surface area contributed by atoms with Gasteiger partial charge in [0.1, 0.15) is 5.75 Å². The second kappa shape index (κ2) is 11.4. The molecule has 0 spiro atoms. The zero-order chi connectivity index (χ0) is 29.2. The third kappa shape index (κ3) is 5.81. The Kier molecular flexibility index (Phi) is 8.18. The van der Waals surface area contributed by atoms with Crippen LogP contribution in [0.1, 0.15) is 36.4 Å². The molecular weight excluding hydrogens is 563 g/mol. The van der Waals surface area contributed by atoms with Gasteiger partial charge in [0.25, 0.3) is 11.1 Å². The number of hydrogen-bond donors (Lipinski definition) is 1. The van der Waals surface area contributed by atoms with Crippen LogP contribution in [0.5, 0.6) is 11.5 Å². The van der Waals surface area contributed by atoms with Crippen LogP contribution in [-0.4, -0.2) is 19.5 Å². The van der Waals surface area contributed by atoms with Crippen molar-refractivity contribution in [1.82, 2.24) is 19.5 Å². The molecule has 8 nitrogen and oxygen atoms in total. The van der Waals surface area contributed by atoms with E-state index >= 15 is 8.78 Å². The van der Waals surface area contributed by atoms with Gasteiger partial charge in [0.05, 0.1) is 40.8 Å². The van der Waals surface area contributed by atoms with E-state index in [1.807, 2.05) is 13.0 Å². The van der Waals surface area contributed by atoms with Crippen LogP contribution in [-0.2, 0) is 18.9 Å². The van der Waals surface area contributed by atoms with Gasteiger partial charge in [-0.05, 0) is 60.9 Å². The highest BCUT2D eigenvalue weighted by molar-refractivity contribution is 6.31. The molecule has 0 amide bonds. The van der Waals surface area contributed by atoms with Gasteiger partial charge in [-0.25, -0.2) is 4.98 Å². The molecule has 3 aromatic heterocycles. The molecule has 0 fully saturated rings. The summed E-state index contributed by atoms with van der Waals surface area (Å²) in [5.41, 5.74) is -1.07. The van der Waals surface area contributed by atoms with Crippen molar-refractivity contribution in [3.05, 3.63) is 114 Å². The van der Waals surface area contributed by atoms with E-state index in [1.165, 1.54) is 24.4 Å². The van der Waals surface area contributed by atoms with Crippen molar-refractivity contribution >= 4 is 23.2 Å². The lowest BCUT2D eigenvalue weighted by Crippen LogP contribution is -2.29. The van der Waals surface area contributed by atoms with Crippen molar-refractivity contribution in [1.29, 1.82) is 5.26 Å². The van der Waals surface area contributed by atoms with Gasteiger partial charge in [0, 0.05) is 16.9 Å². The molecule has 0 unspecified atom stereocenters. The number of allylic oxidation sites excluding steroid dienone is 1. The number of aryl methyl sites for hydroxylation is 1. The van der Waals surface area contributed by atoms with E-state index < -0.39 is 34.1 Å². The predicted molar refractivity (Wildman–Crippen MR) is 147 cm³/mol. The summed E-state index contributed by atoms with van der Waals surface area (Å²) in [7, 11) is 0. The first-order valence-corrected chi connectivity index (χ1v) is 12.6. The zero-order valence-electron chi connectivity index (χ0n) is 21.3. The fraction of sp³-hybridized carbons (Fsp3) is 0.179. The Labute approximate surface area is 237 Å². The van der Waals surface area contributed by atoms with Crippen LogP contribution < -0.4 is 15.9 Å². The van der Waals surface area contributed by atoms with Gasteiger partial charge in [-0.3, -0.25) is 19.1 Å². The predicted octanol–water partition coefficient (Wildman–Crippen LogP) is 6.24. The number of aromatic nitrogens is 4. The van der Waals surface area contributed by atoms with Crippen LogP contribution in [0.2, 0.25) is 10.0 Å². The maximum atomic E-state index is 15.1. The summed E-state index contributed by atoms with van der Waals surface area (Å²) < 4.78 is 36.9. The summed E-state index contributed by atoms with van der Waals surface area (Å²) >= 11 is 12.0. The van der Waals surface area contributed by atoms with Crippen molar-refractivity contribution in [3.8, 4) is 28.8 Å². The molecule has 0 bridgehead atoms. The highest BCUT2D eigenvalue weighted by Crippen LogP contribution is 2.38. The van der Waals surface area contributed by atoms with E-state index in [9.17, 15) is 14.9 Å². The van der Waals surface area contributed by atoms with E-state index in [0.717, 1.165) is 17.8 Å². The molecule has 40 heavy (non-hydrogen) atoms. The molecule has 12 heteroatoms. The maximum Gasteiger partial charge on any atom is 0.314 e. The molecular formula is C28H21Cl2F2N5O3. The first-order valence-electron chi connectivity index (χ1n) is 11.8. The molecule has 1 aromatic carbocycles. The smallest absolute Gasteiger partial charge is 0.314 e. The lowest BCUT2D eigenvalue weighted by atomic mass is 10.1. The fourth-order valence-corrected chi connectivity index (χ4v) is 4.22. The SMILES string of the molecule is C=C(C)C(F)(F)c1ncn(Cc2cc(-c3ccc(Cl)cn3)c(=O)[nH]c2CC)c(=O)c1Oc1cc(Cl)cc(C#N)c1. The van der Waals surface area contributed by atoms with Gasteiger partial charge in [0.2, 0.25) is 5.75 Å². The average molecular weight is 584 g/mol. The van der Waals surface area contributed by atoms with Crippen molar-refractivity contribution in [2.45, 2.75) is 32.7 Å². The Hall–Kier alpha value is -4.33. The number of hydrogen-bond acceptors (Lipinski definition) is 6. The van der Waals surface area contributed by atoms with Crippen LogP contribution in [0.4, 0.5) is 8.78 Å². The lowest BCUT2D eigenvalue weighted by Gasteiger charge is -2.20. The van der Waals surface area contributed by atoms with Crippen LogP contribution in [0.3, 0.4) is 0 Å². The quantitative estimate of drug-likeness (QED) is 0.245. The van der Waals surface area contributed by atoms with E-state index in [0.29, 0.717) is 28.4 Å². The highest BCUT2D eigenvalue weighted by atomic mass is 35.5. The number of rotatable bonds is 8. The first kappa shape index (κ1) is 28.7. The van der Waals surface area contributed by atoms with Crippen molar-refractivity contribution in [2.75, 3.05) is 0 Å². The Morgan fingerprint density at radius 2 is 1.93 bits per heavy atom. The lowest BCUT2D eigenvalue weighted by molar-refractivity contribution is 0.0309. The number of aromatic amines is 1. The molecule has 0 radical (unpaired) electrons. The summed E-state index contributed by atoms with van der Waals surface area (Å²) in [6.07, 6.45) is 2.79. The molecule has 0 aliphatic heterocycles. The number of nitrogens with zero attached hydrogens (tertiary/aromatic N) is 4. The van der Waals surface area contributed by atoms with E-state index in [1.54, 1.807) is 18.2 Å². The number of nitriles is 1. The standard InChI is InChI=1S/C28H21Cl2F2N5O3/c1-4-22-17(9-21(26(38)36-22)23-6-5-18(29)12-34-23)13-37-14-35-25(28(31,32)15(2)3)24(27(37)39)40-20-8-16(11-33)7-19(30)10-20/h5-10,12,14H,2,4,13H2,1,3H3,(H,36,38). The van der Waals surface area contributed by atoms with Gasteiger partial charge in [0.15, 0.2) is 5.69 Å². The van der Waals surface area contributed by atoms with Crippen molar-refractivity contribution in [2.24, 2.45) is 0 Å². The minimum atomic E-state index is -3.70. The highest BCUT2D eigenvalue weighted by Gasteiger charge is 2.39. The van der Waals surface area contributed by atoms with Gasteiger partial charge >= 0.3 is 5.92 Å². The van der Waals surface area contributed by atoms with E-state index in [-0.39, 0.29) is 28.4 Å². The molecule has 204 valence electrons. The van der Waals surface area contributed by atoms with E-state index in [2.05, 4.69) is 21.5 Å². The molecule has 4 aromatic rings. The van der Waals surface area contributed by atoms with Crippen molar-refractivity contribution < 1.29 is 13.5 Å². The summed E-state index contributed by atoms with van der Waals surface area (Å²) in [5, 5.41) is 9.75. The molecule has 0 aliphatic rings. The summed E-state index contributed by atoms with van der Waals surface area (Å²) in [6.45, 7) is 6.10. The topological polar surface area (TPSA) is 114 Å². The average Bonchev–Trinajstić information content (AvgIpc) is 2.91. The Morgan fingerprint density at radius 1 is 1.18 bits per heavy atom. The van der Waals surface area contributed by atoms with Gasteiger partial charge in [-0.2, -0.15) is 14.0 Å². The summed E-state index contributed by atoms with van der Waals surface area (Å²) in [5.74, 6) is -4.57. The minimum absolute atomic E-state index is 0.101. The van der Waals surface area contributed by atoms with Crippen LogP contribution >= 0.6 is 23.2 Å². The van der Waals surface area contributed by atoms with Gasteiger partial charge < -0.3 is 9.72 Å². The first-order chi connectivity index (χ1) is 18.9. The van der Waals surface area contributed by atoms with Crippen LogP contribution in [0, 0.1) is 11.3 Å². The monoisotopic (exact) mass is 583 g/mol. The summed E-state index contributed by atoms with van der Waals surface area (Å²) in [6, 6.07) is 10.5. The van der Waals surface area contributed by atoms with Gasteiger partial charge in [-0.15, -0.1) is 0 Å². The van der Waals surface area contributed by atoms with Crippen LogP contribution in [0.25, 0.3) is 11.3 Å². The number of benzene rings is 1. The van der Waals surface area contributed by atoms with Crippen molar-refractivity contribution in [3.63, 3.8) is 0 Å². The molecule has 0 aliphatic carbocycles. The Morgan fingerprint density at radius 3 is 2.55 bits per heavy atom. The molecule has 0 atom stereocenters. The number of ether oxygens (including phenoxy) is 1. The zero-order valence-corrected chi connectivity index (χ0v) is 22.8. The largest absolute Gasteiger partial charge is 0.449 e.